The standard InChI is InChI=1S/C23H37N5/c1-8-24-22(25-16-23(5,6)15-20-12-10-9-11-13-20)26-17(2)14-21-18(3)27-28(7)19(21)4/h9-13,17H,8,14-16H2,1-7H3,(H2,24,25,26). The van der Waals surface area contributed by atoms with Gasteiger partial charge in [-0.25, -0.2) is 0 Å². The molecule has 0 bridgehead atoms. The number of benzene rings is 1. The highest BCUT2D eigenvalue weighted by Gasteiger charge is 2.19. The summed E-state index contributed by atoms with van der Waals surface area (Å²) < 4.78 is 1.96. The maximum atomic E-state index is 4.89. The number of rotatable bonds is 8. The van der Waals surface area contributed by atoms with Crippen LogP contribution in [0.2, 0.25) is 0 Å². The maximum Gasteiger partial charge on any atom is 0.191 e. The molecule has 0 aliphatic carbocycles. The summed E-state index contributed by atoms with van der Waals surface area (Å²) in [6, 6.07) is 10.9. The van der Waals surface area contributed by atoms with Crippen molar-refractivity contribution in [2.24, 2.45) is 17.5 Å². The minimum absolute atomic E-state index is 0.101. The molecule has 1 atom stereocenters. The van der Waals surface area contributed by atoms with Gasteiger partial charge in [-0.3, -0.25) is 9.67 Å². The third-order valence-corrected chi connectivity index (χ3v) is 5.09. The normalized spacial score (nSPS) is 13.5. The smallest absolute Gasteiger partial charge is 0.191 e. The Morgan fingerprint density at radius 2 is 1.89 bits per heavy atom. The Bertz CT molecular complexity index is 774. The second kappa shape index (κ2) is 9.76. The second-order valence-electron chi connectivity index (χ2n) is 8.54. The number of nitrogens with zero attached hydrogens (tertiary/aromatic N) is 3. The van der Waals surface area contributed by atoms with Gasteiger partial charge in [0, 0.05) is 31.9 Å². The Labute approximate surface area is 170 Å². The molecule has 0 spiro atoms. The van der Waals surface area contributed by atoms with E-state index in [4.69, 9.17) is 4.99 Å². The van der Waals surface area contributed by atoms with Gasteiger partial charge in [-0.05, 0) is 57.1 Å². The molecule has 5 heteroatoms. The van der Waals surface area contributed by atoms with Crippen molar-refractivity contribution in [3.63, 3.8) is 0 Å². The maximum absolute atomic E-state index is 4.89. The van der Waals surface area contributed by atoms with Gasteiger partial charge < -0.3 is 10.6 Å². The molecule has 1 aromatic heterocycles. The van der Waals surface area contributed by atoms with Crippen LogP contribution in [0.4, 0.5) is 0 Å². The van der Waals surface area contributed by atoms with Crippen molar-refractivity contribution < 1.29 is 0 Å². The van der Waals surface area contributed by atoms with Gasteiger partial charge in [0.25, 0.3) is 0 Å². The first-order valence-corrected chi connectivity index (χ1v) is 10.3. The fourth-order valence-corrected chi connectivity index (χ4v) is 3.52. The molecule has 1 heterocycles. The van der Waals surface area contributed by atoms with Crippen LogP contribution in [0, 0.1) is 19.3 Å². The van der Waals surface area contributed by atoms with Crippen LogP contribution < -0.4 is 10.6 Å². The van der Waals surface area contributed by atoms with Crippen molar-refractivity contribution in [2.45, 2.75) is 60.4 Å². The number of aliphatic imine (C=N–C) groups is 1. The Morgan fingerprint density at radius 1 is 1.21 bits per heavy atom. The van der Waals surface area contributed by atoms with E-state index >= 15 is 0 Å². The lowest BCUT2D eigenvalue weighted by molar-refractivity contribution is 0.376. The lowest BCUT2D eigenvalue weighted by Crippen LogP contribution is -2.43. The molecule has 2 aromatic rings. The van der Waals surface area contributed by atoms with Crippen molar-refractivity contribution in [3.05, 3.63) is 52.8 Å². The second-order valence-corrected chi connectivity index (χ2v) is 8.54. The predicted octanol–water partition coefficient (Wildman–Crippen LogP) is 3.79. The SMILES string of the molecule is CCNC(=NCC(C)(C)Cc1ccccc1)NC(C)Cc1c(C)nn(C)c1C. The molecule has 5 nitrogen and oxygen atoms in total. The van der Waals surface area contributed by atoms with E-state index in [1.807, 2.05) is 11.7 Å². The molecule has 0 amide bonds. The Kier molecular flexibility index (Phi) is 7.67. The monoisotopic (exact) mass is 383 g/mol. The highest BCUT2D eigenvalue weighted by atomic mass is 15.3. The summed E-state index contributed by atoms with van der Waals surface area (Å²) in [6.07, 6.45) is 1.95. The molecule has 0 aliphatic rings. The molecular formula is C23H37N5. The minimum atomic E-state index is 0.101. The largest absolute Gasteiger partial charge is 0.357 e. The number of aryl methyl sites for hydroxylation is 2. The van der Waals surface area contributed by atoms with Gasteiger partial charge in [-0.2, -0.15) is 5.10 Å². The van der Waals surface area contributed by atoms with E-state index in [9.17, 15) is 0 Å². The van der Waals surface area contributed by atoms with Crippen LogP contribution in [0.1, 0.15) is 50.2 Å². The van der Waals surface area contributed by atoms with Crippen LogP contribution >= 0.6 is 0 Å². The average molecular weight is 384 g/mol. The van der Waals surface area contributed by atoms with Crippen molar-refractivity contribution in [1.82, 2.24) is 20.4 Å². The molecule has 2 rings (SSSR count). The van der Waals surface area contributed by atoms with Gasteiger partial charge in [0.2, 0.25) is 0 Å². The average Bonchev–Trinajstić information content (AvgIpc) is 2.86. The van der Waals surface area contributed by atoms with E-state index in [2.05, 4.69) is 87.6 Å². The molecule has 154 valence electrons. The van der Waals surface area contributed by atoms with Crippen molar-refractivity contribution in [2.75, 3.05) is 13.1 Å². The summed E-state index contributed by atoms with van der Waals surface area (Å²) in [6.45, 7) is 14.7. The molecule has 28 heavy (non-hydrogen) atoms. The third-order valence-electron chi connectivity index (χ3n) is 5.09. The first-order chi connectivity index (χ1) is 13.2. The molecule has 2 N–H and O–H groups in total. The number of hydrogen-bond acceptors (Lipinski definition) is 2. The minimum Gasteiger partial charge on any atom is -0.357 e. The van der Waals surface area contributed by atoms with E-state index in [1.54, 1.807) is 0 Å². The van der Waals surface area contributed by atoms with Gasteiger partial charge in [0.1, 0.15) is 0 Å². The van der Waals surface area contributed by atoms with Crippen LogP contribution in [0.25, 0.3) is 0 Å². The van der Waals surface area contributed by atoms with Crippen LogP contribution in [0.3, 0.4) is 0 Å². The van der Waals surface area contributed by atoms with E-state index in [0.29, 0.717) is 0 Å². The zero-order valence-electron chi connectivity index (χ0n) is 18.6. The third kappa shape index (κ3) is 6.39. The first-order valence-electron chi connectivity index (χ1n) is 10.3. The fraction of sp³-hybridized carbons (Fsp3) is 0.565. The van der Waals surface area contributed by atoms with Crippen LogP contribution in [0.5, 0.6) is 0 Å². The van der Waals surface area contributed by atoms with Gasteiger partial charge in [-0.1, -0.05) is 44.2 Å². The van der Waals surface area contributed by atoms with E-state index < -0.39 is 0 Å². The lowest BCUT2D eigenvalue weighted by atomic mass is 9.86. The van der Waals surface area contributed by atoms with Crippen LogP contribution in [0.15, 0.2) is 35.3 Å². The Balaban J connectivity index is 2.00. The molecule has 0 fully saturated rings. The molecule has 0 radical (unpaired) electrons. The number of aromatic nitrogens is 2. The molecule has 0 saturated carbocycles. The first kappa shape index (κ1) is 22.0. The van der Waals surface area contributed by atoms with Gasteiger partial charge in [0.15, 0.2) is 5.96 Å². The highest BCUT2D eigenvalue weighted by molar-refractivity contribution is 5.80. The summed E-state index contributed by atoms with van der Waals surface area (Å²) in [5, 5.41) is 11.5. The summed E-state index contributed by atoms with van der Waals surface area (Å²) in [5.74, 6) is 0.885. The van der Waals surface area contributed by atoms with Gasteiger partial charge in [0.05, 0.1) is 5.69 Å². The quantitative estimate of drug-likeness (QED) is 0.539. The fourth-order valence-electron chi connectivity index (χ4n) is 3.52. The molecule has 0 aliphatic heterocycles. The van der Waals surface area contributed by atoms with E-state index in [-0.39, 0.29) is 11.5 Å². The summed E-state index contributed by atoms with van der Waals surface area (Å²) in [7, 11) is 2.00. The van der Waals surface area contributed by atoms with Crippen LogP contribution in [-0.2, 0) is 19.9 Å². The van der Waals surface area contributed by atoms with Crippen LogP contribution in [-0.4, -0.2) is 34.9 Å². The zero-order chi connectivity index (χ0) is 20.7. The lowest BCUT2D eigenvalue weighted by Gasteiger charge is -2.24. The highest BCUT2D eigenvalue weighted by Crippen LogP contribution is 2.22. The summed E-state index contributed by atoms with van der Waals surface area (Å²) >= 11 is 0. The van der Waals surface area contributed by atoms with Crippen molar-refractivity contribution in [3.8, 4) is 0 Å². The number of guanidine groups is 1. The van der Waals surface area contributed by atoms with E-state index in [0.717, 1.165) is 37.6 Å². The van der Waals surface area contributed by atoms with Crippen molar-refractivity contribution in [1.29, 1.82) is 0 Å². The topological polar surface area (TPSA) is 54.2 Å². The predicted molar refractivity (Wildman–Crippen MR) is 119 cm³/mol. The zero-order valence-corrected chi connectivity index (χ0v) is 18.6. The number of nitrogens with one attached hydrogen (secondary N) is 2. The number of hydrogen-bond donors (Lipinski definition) is 2. The molecule has 1 aromatic carbocycles. The molecule has 1 unspecified atom stereocenters. The van der Waals surface area contributed by atoms with Gasteiger partial charge in [-0.15, -0.1) is 0 Å². The molecule has 0 saturated heterocycles. The Morgan fingerprint density at radius 3 is 2.46 bits per heavy atom. The van der Waals surface area contributed by atoms with E-state index in [1.165, 1.54) is 16.8 Å². The summed E-state index contributed by atoms with van der Waals surface area (Å²) in [4.78, 5) is 4.89. The summed E-state index contributed by atoms with van der Waals surface area (Å²) in [5.41, 5.74) is 5.12. The van der Waals surface area contributed by atoms with Crippen molar-refractivity contribution >= 4 is 5.96 Å². The molecular weight excluding hydrogens is 346 g/mol. The van der Waals surface area contributed by atoms with Gasteiger partial charge >= 0.3 is 0 Å². The Hall–Kier alpha value is -2.30.